The molecule has 2 aromatic rings. The fraction of sp³-hybridized carbons (Fsp3) is 0.167. The standard InChI is InChI=1S/C12H10Cl2N2O3/c1-6-9(12(17)18)11(16(2)15-6)19-8-5-3-4-7(13)10(8)14/h3-5H,1-2H3,(H,17,18). The lowest BCUT2D eigenvalue weighted by molar-refractivity contribution is 0.0693. The van der Waals surface area contributed by atoms with Gasteiger partial charge < -0.3 is 9.84 Å². The summed E-state index contributed by atoms with van der Waals surface area (Å²) < 4.78 is 6.88. The van der Waals surface area contributed by atoms with Crippen LogP contribution in [0.3, 0.4) is 0 Å². The van der Waals surface area contributed by atoms with Crippen molar-refractivity contribution < 1.29 is 14.6 Å². The molecule has 0 radical (unpaired) electrons. The monoisotopic (exact) mass is 300 g/mol. The predicted molar refractivity (Wildman–Crippen MR) is 71.4 cm³/mol. The SMILES string of the molecule is Cc1nn(C)c(Oc2cccc(Cl)c2Cl)c1C(=O)O. The first-order valence-electron chi connectivity index (χ1n) is 5.30. The third kappa shape index (κ3) is 2.52. The maximum Gasteiger partial charge on any atom is 0.343 e. The van der Waals surface area contributed by atoms with E-state index in [1.807, 2.05) is 0 Å². The van der Waals surface area contributed by atoms with E-state index >= 15 is 0 Å². The number of carboxylic acids is 1. The Kier molecular flexibility index (Phi) is 3.68. The number of rotatable bonds is 3. The van der Waals surface area contributed by atoms with Crippen LogP contribution in [0.2, 0.25) is 10.0 Å². The first-order valence-corrected chi connectivity index (χ1v) is 6.06. The summed E-state index contributed by atoms with van der Waals surface area (Å²) in [6.07, 6.45) is 0. The van der Waals surface area contributed by atoms with Crippen molar-refractivity contribution in [1.82, 2.24) is 9.78 Å². The Balaban J connectivity index is 2.49. The number of ether oxygens (including phenoxy) is 1. The Morgan fingerprint density at radius 2 is 2.11 bits per heavy atom. The van der Waals surface area contributed by atoms with Crippen molar-refractivity contribution in [1.29, 1.82) is 0 Å². The Labute approximate surface area is 119 Å². The molecule has 0 spiro atoms. The van der Waals surface area contributed by atoms with Crippen molar-refractivity contribution in [3.05, 3.63) is 39.5 Å². The zero-order valence-corrected chi connectivity index (χ0v) is 11.7. The number of hydrogen-bond donors (Lipinski definition) is 1. The van der Waals surface area contributed by atoms with Gasteiger partial charge in [0.25, 0.3) is 0 Å². The van der Waals surface area contributed by atoms with E-state index in [1.54, 1.807) is 32.2 Å². The van der Waals surface area contributed by atoms with Gasteiger partial charge in [0.1, 0.15) is 16.3 Å². The maximum absolute atomic E-state index is 11.2. The van der Waals surface area contributed by atoms with Crippen LogP contribution in [-0.2, 0) is 7.05 Å². The van der Waals surface area contributed by atoms with E-state index in [-0.39, 0.29) is 22.2 Å². The molecule has 0 aliphatic rings. The smallest absolute Gasteiger partial charge is 0.343 e. The molecule has 1 heterocycles. The maximum atomic E-state index is 11.2. The van der Waals surface area contributed by atoms with Crippen LogP contribution in [0.5, 0.6) is 11.6 Å². The molecule has 2 rings (SSSR count). The summed E-state index contributed by atoms with van der Waals surface area (Å²) in [5, 5.41) is 13.7. The number of aromatic nitrogens is 2. The topological polar surface area (TPSA) is 64.4 Å². The minimum absolute atomic E-state index is 0.00135. The molecular formula is C12H10Cl2N2O3. The molecule has 0 unspecified atom stereocenters. The molecule has 100 valence electrons. The van der Waals surface area contributed by atoms with E-state index < -0.39 is 5.97 Å². The first-order chi connectivity index (χ1) is 8.91. The highest BCUT2D eigenvalue weighted by Crippen LogP contribution is 2.36. The van der Waals surface area contributed by atoms with Crippen LogP contribution in [-0.4, -0.2) is 20.9 Å². The average Bonchev–Trinajstić information content (AvgIpc) is 2.60. The van der Waals surface area contributed by atoms with Crippen LogP contribution in [0.4, 0.5) is 0 Å². The second kappa shape index (κ2) is 5.11. The van der Waals surface area contributed by atoms with Gasteiger partial charge in [0, 0.05) is 7.05 Å². The molecule has 19 heavy (non-hydrogen) atoms. The van der Waals surface area contributed by atoms with Crippen LogP contribution in [0.1, 0.15) is 16.1 Å². The lowest BCUT2D eigenvalue weighted by atomic mass is 10.2. The summed E-state index contributed by atoms with van der Waals surface area (Å²) in [6, 6.07) is 4.87. The highest BCUT2D eigenvalue weighted by Gasteiger charge is 2.22. The number of carboxylic acid groups (broad SMARTS) is 1. The molecule has 0 fully saturated rings. The largest absolute Gasteiger partial charge is 0.477 e. The quantitative estimate of drug-likeness (QED) is 0.942. The highest BCUT2D eigenvalue weighted by molar-refractivity contribution is 6.42. The molecule has 0 aliphatic carbocycles. The molecule has 1 N–H and O–H groups in total. The lowest BCUT2D eigenvalue weighted by Crippen LogP contribution is -2.02. The Bertz CT molecular complexity index is 653. The average molecular weight is 301 g/mol. The van der Waals surface area contributed by atoms with Gasteiger partial charge in [0.15, 0.2) is 0 Å². The third-order valence-electron chi connectivity index (χ3n) is 2.51. The second-order valence-corrected chi connectivity index (χ2v) is 4.63. The first kappa shape index (κ1) is 13.7. The minimum Gasteiger partial charge on any atom is -0.477 e. The normalized spacial score (nSPS) is 10.5. The van der Waals surface area contributed by atoms with Gasteiger partial charge in [-0.05, 0) is 19.1 Å². The molecule has 0 saturated heterocycles. The van der Waals surface area contributed by atoms with E-state index in [1.165, 1.54) is 4.68 Å². The van der Waals surface area contributed by atoms with Gasteiger partial charge >= 0.3 is 5.97 Å². The number of hydrogen-bond acceptors (Lipinski definition) is 3. The van der Waals surface area contributed by atoms with Crippen LogP contribution in [0, 0.1) is 6.92 Å². The fourth-order valence-electron chi connectivity index (χ4n) is 1.67. The molecule has 0 atom stereocenters. The molecule has 0 aliphatic heterocycles. The summed E-state index contributed by atoms with van der Waals surface area (Å²) >= 11 is 11.9. The van der Waals surface area contributed by atoms with Crippen LogP contribution in [0.15, 0.2) is 18.2 Å². The summed E-state index contributed by atoms with van der Waals surface area (Å²) in [5.74, 6) is -0.729. The Morgan fingerprint density at radius 3 is 2.74 bits per heavy atom. The van der Waals surface area contributed by atoms with Crippen molar-refractivity contribution in [3.63, 3.8) is 0 Å². The van der Waals surface area contributed by atoms with Gasteiger partial charge in [0.2, 0.25) is 5.88 Å². The molecule has 0 amide bonds. The third-order valence-corrected chi connectivity index (χ3v) is 3.31. The number of aromatic carboxylic acids is 1. The fourth-order valence-corrected chi connectivity index (χ4v) is 2.00. The summed E-state index contributed by atoms with van der Waals surface area (Å²) in [4.78, 5) is 11.2. The molecule has 0 bridgehead atoms. The van der Waals surface area contributed by atoms with Crippen LogP contribution >= 0.6 is 23.2 Å². The zero-order chi connectivity index (χ0) is 14.2. The molecule has 0 saturated carbocycles. The van der Waals surface area contributed by atoms with E-state index in [0.717, 1.165) is 0 Å². The van der Waals surface area contributed by atoms with Crippen molar-refractivity contribution in [2.45, 2.75) is 6.92 Å². The van der Waals surface area contributed by atoms with Crippen molar-refractivity contribution in [2.24, 2.45) is 7.05 Å². The van der Waals surface area contributed by atoms with Gasteiger partial charge in [0.05, 0.1) is 10.7 Å². The van der Waals surface area contributed by atoms with Gasteiger partial charge in [-0.25, -0.2) is 9.48 Å². The van der Waals surface area contributed by atoms with E-state index in [4.69, 9.17) is 33.0 Å². The van der Waals surface area contributed by atoms with E-state index in [2.05, 4.69) is 5.10 Å². The van der Waals surface area contributed by atoms with Crippen LogP contribution < -0.4 is 4.74 Å². The van der Waals surface area contributed by atoms with Gasteiger partial charge in [-0.1, -0.05) is 29.3 Å². The number of nitrogens with zero attached hydrogens (tertiary/aromatic N) is 2. The highest BCUT2D eigenvalue weighted by atomic mass is 35.5. The second-order valence-electron chi connectivity index (χ2n) is 3.85. The molecule has 1 aromatic carbocycles. The number of aryl methyl sites for hydroxylation is 2. The number of halogens is 2. The van der Waals surface area contributed by atoms with Crippen LogP contribution in [0.25, 0.3) is 0 Å². The molecule has 5 nitrogen and oxygen atoms in total. The van der Waals surface area contributed by atoms with Gasteiger partial charge in [-0.2, -0.15) is 5.10 Å². The van der Waals surface area contributed by atoms with Gasteiger partial charge in [-0.15, -0.1) is 0 Å². The molecule has 1 aromatic heterocycles. The summed E-state index contributed by atoms with van der Waals surface area (Å²) in [7, 11) is 1.59. The summed E-state index contributed by atoms with van der Waals surface area (Å²) in [5.41, 5.74) is 0.363. The summed E-state index contributed by atoms with van der Waals surface area (Å²) in [6.45, 7) is 1.59. The van der Waals surface area contributed by atoms with E-state index in [0.29, 0.717) is 10.7 Å². The van der Waals surface area contributed by atoms with E-state index in [9.17, 15) is 4.79 Å². The van der Waals surface area contributed by atoms with Gasteiger partial charge in [-0.3, -0.25) is 0 Å². The zero-order valence-electron chi connectivity index (χ0n) is 10.1. The number of benzene rings is 1. The number of carbonyl (C=O) groups is 1. The lowest BCUT2D eigenvalue weighted by Gasteiger charge is -2.09. The van der Waals surface area contributed by atoms with Crippen molar-refractivity contribution in [2.75, 3.05) is 0 Å². The Morgan fingerprint density at radius 1 is 1.42 bits per heavy atom. The molecular weight excluding hydrogens is 291 g/mol. The minimum atomic E-state index is -1.11. The van der Waals surface area contributed by atoms with Crippen molar-refractivity contribution in [3.8, 4) is 11.6 Å². The Hall–Kier alpha value is -1.72. The van der Waals surface area contributed by atoms with Crippen molar-refractivity contribution >= 4 is 29.2 Å². The predicted octanol–water partition coefficient (Wildman–Crippen LogP) is 3.53. The molecule has 7 heteroatoms.